The molecule has 24 heavy (non-hydrogen) atoms. The summed E-state index contributed by atoms with van der Waals surface area (Å²) in [6, 6.07) is 0. The van der Waals surface area contributed by atoms with Crippen LogP contribution >= 0.6 is 0 Å². The minimum atomic E-state index is -0.246. The molecular weight excluding hydrogens is 300 g/mol. The van der Waals surface area contributed by atoms with Gasteiger partial charge in [-0.2, -0.15) is 0 Å². The Morgan fingerprint density at radius 1 is 1.17 bits per heavy atom. The molecule has 2 saturated carbocycles. The highest BCUT2D eigenvalue weighted by Crippen LogP contribution is 2.62. The van der Waals surface area contributed by atoms with Crippen LogP contribution in [0, 0.1) is 22.7 Å². The number of hydrogen-bond donors (Lipinski definition) is 0. The summed E-state index contributed by atoms with van der Waals surface area (Å²) in [7, 11) is 0. The van der Waals surface area contributed by atoms with Gasteiger partial charge >= 0.3 is 5.97 Å². The Balaban J connectivity index is 1.63. The van der Waals surface area contributed by atoms with Gasteiger partial charge in [0.05, 0.1) is 5.41 Å². The van der Waals surface area contributed by atoms with Gasteiger partial charge < -0.3 is 4.74 Å². The van der Waals surface area contributed by atoms with Gasteiger partial charge in [-0.3, -0.25) is 9.59 Å². The summed E-state index contributed by atoms with van der Waals surface area (Å²) in [5.41, 5.74) is 2.96. The van der Waals surface area contributed by atoms with Gasteiger partial charge in [0, 0.05) is 6.92 Å². The topological polar surface area (TPSA) is 43.4 Å². The maximum atomic E-state index is 12.3. The molecule has 0 unspecified atom stereocenters. The summed E-state index contributed by atoms with van der Waals surface area (Å²) >= 11 is 0. The number of fused-ring (bicyclic) bond motifs is 4. The molecule has 0 saturated heterocycles. The summed E-state index contributed by atoms with van der Waals surface area (Å²) in [6.45, 7) is 6.11. The van der Waals surface area contributed by atoms with Crippen molar-refractivity contribution in [2.45, 2.75) is 71.8 Å². The Labute approximate surface area is 144 Å². The van der Waals surface area contributed by atoms with E-state index in [0.717, 1.165) is 38.5 Å². The van der Waals surface area contributed by atoms with Crippen LogP contribution in [-0.4, -0.2) is 17.9 Å². The van der Waals surface area contributed by atoms with E-state index < -0.39 is 0 Å². The molecule has 0 aromatic heterocycles. The van der Waals surface area contributed by atoms with Gasteiger partial charge in [0.1, 0.15) is 6.10 Å². The van der Waals surface area contributed by atoms with Crippen molar-refractivity contribution in [3.05, 3.63) is 23.3 Å². The average Bonchev–Trinajstić information content (AvgIpc) is 2.83. The molecule has 0 N–H and O–H groups in total. The van der Waals surface area contributed by atoms with Crippen molar-refractivity contribution in [1.29, 1.82) is 0 Å². The van der Waals surface area contributed by atoms with Crippen molar-refractivity contribution in [2.75, 3.05) is 0 Å². The average molecular weight is 328 g/mol. The molecule has 130 valence electrons. The lowest BCUT2D eigenvalue weighted by molar-refractivity contribution is -0.152. The summed E-state index contributed by atoms with van der Waals surface area (Å²) in [5, 5.41) is 0. The fourth-order valence-electron chi connectivity index (χ4n) is 6.17. The van der Waals surface area contributed by atoms with E-state index in [2.05, 4.69) is 19.9 Å². The third-order valence-corrected chi connectivity index (χ3v) is 7.62. The molecule has 0 aliphatic heterocycles. The Kier molecular flexibility index (Phi) is 3.56. The van der Waals surface area contributed by atoms with Crippen LogP contribution in [0.15, 0.2) is 23.3 Å². The molecular formula is C21H28O3. The summed E-state index contributed by atoms with van der Waals surface area (Å²) < 4.78 is 5.51. The van der Waals surface area contributed by atoms with E-state index in [0.29, 0.717) is 23.0 Å². The van der Waals surface area contributed by atoms with E-state index in [9.17, 15) is 9.59 Å². The molecule has 2 fully saturated rings. The van der Waals surface area contributed by atoms with E-state index in [1.54, 1.807) is 11.6 Å². The lowest BCUT2D eigenvalue weighted by Gasteiger charge is -2.56. The van der Waals surface area contributed by atoms with Crippen molar-refractivity contribution in [3.63, 3.8) is 0 Å². The number of carbonyl (C=O) groups is 2. The van der Waals surface area contributed by atoms with Gasteiger partial charge in [-0.25, -0.2) is 0 Å². The molecule has 0 heterocycles. The first-order valence-corrected chi connectivity index (χ1v) is 9.48. The number of ether oxygens (including phenoxy) is 1. The zero-order valence-corrected chi connectivity index (χ0v) is 15.1. The van der Waals surface area contributed by atoms with Crippen LogP contribution in [0.3, 0.4) is 0 Å². The van der Waals surface area contributed by atoms with Crippen molar-refractivity contribution in [3.8, 4) is 0 Å². The van der Waals surface area contributed by atoms with Crippen molar-refractivity contribution in [1.82, 2.24) is 0 Å². The first-order valence-electron chi connectivity index (χ1n) is 9.48. The van der Waals surface area contributed by atoms with Gasteiger partial charge in [-0.15, -0.1) is 0 Å². The van der Waals surface area contributed by atoms with Crippen LogP contribution in [0.25, 0.3) is 0 Å². The first-order chi connectivity index (χ1) is 11.3. The second kappa shape index (κ2) is 5.31. The van der Waals surface area contributed by atoms with Gasteiger partial charge in [-0.1, -0.05) is 18.6 Å². The van der Waals surface area contributed by atoms with E-state index in [1.807, 2.05) is 0 Å². The molecule has 0 bridgehead atoms. The SMILES string of the molecule is CC(=O)O[C@H]1CC[C@@]2(C)[C@H](CCC3=C4C=CC(=O)[C@@]4(C)CC[C@@H]32)C1. The summed E-state index contributed by atoms with van der Waals surface area (Å²) in [4.78, 5) is 23.6. The largest absolute Gasteiger partial charge is 0.463 e. The number of rotatable bonds is 1. The quantitative estimate of drug-likeness (QED) is 0.671. The number of carbonyl (C=O) groups excluding carboxylic acids is 2. The van der Waals surface area contributed by atoms with E-state index in [-0.39, 0.29) is 17.5 Å². The minimum Gasteiger partial charge on any atom is -0.463 e. The maximum absolute atomic E-state index is 12.3. The minimum absolute atomic E-state index is 0.108. The molecule has 0 aromatic carbocycles. The van der Waals surface area contributed by atoms with Crippen LogP contribution in [0.2, 0.25) is 0 Å². The normalized spacial score (nSPS) is 44.0. The number of ketones is 1. The molecule has 4 rings (SSSR count). The smallest absolute Gasteiger partial charge is 0.302 e. The Morgan fingerprint density at radius 3 is 2.71 bits per heavy atom. The predicted octanol–water partition coefficient (Wildman–Crippen LogP) is 4.37. The van der Waals surface area contributed by atoms with E-state index in [4.69, 9.17) is 4.74 Å². The van der Waals surface area contributed by atoms with Gasteiger partial charge in [-0.05, 0) is 80.8 Å². The monoisotopic (exact) mass is 328 g/mol. The molecule has 5 atom stereocenters. The number of esters is 1. The first kappa shape index (κ1) is 16.1. The number of hydrogen-bond acceptors (Lipinski definition) is 3. The molecule has 0 amide bonds. The van der Waals surface area contributed by atoms with E-state index >= 15 is 0 Å². The predicted molar refractivity (Wildman–Crippen MR) is 92.2 cm³/mol. The Morgan fingerprint density at radius 2 is 1.96 bits per heavy atom. The standard InChI is InChI=1S/C21H28O3/c1-13(22)24-15-8-10-20(2)14(12-15)4-5-16-17-6-7-19(23)21(17,3)11-9-18(16)20/h6-7,14-15,18H,4-5,8-12H2,1-3H3/t14-,15+,18+,20+,21+/m1/s1. The molecule has 0 spiro atoms. The van der Waals surface area contributed by atoms with Crippen LogP contribution in [0.1, 0.15) is 65.7 Å². The summed E-state index contributed by atoms with van der Waals surface area (Å²) in [5.74, 6) is 1.39. The Bertz CT molecular complexity index is 658. The second-order valence-corrected chi connectivity index (χ2v) is 8.81. The highest BCUT2D eigenvalue weighted by molar-refractivity contribution is 6.01. The molecule has 3 nitrogen and oxygen atoms in total. The highest BCUT2D eigenvalue weighted by atomic mass is 16.5. The Hall–Kier alpha value is -1.38. The number of allylic oxidation sites excluding steroid dienone is 4. The fraction of sp³-hybridized carbons (Fsp3) is 0.714. The lowest BCUT2D eigenvalue weighted by atomic mass is 9.49. The molecule has 0 radical (unpaired) electrons. The van der Waals surface area contributed by atoms with E-state index in [1.165, 1.54) is 18.9 Å². The van der Waals surface area contributed by atoms with Crippen molar-refractivity contribution < 1.29 is 14.3 Å². The molecule has 4 aliphatic carbocycles. The van der Waals surface area contributed by atoms with Crippen LogP contribution in [-0.2, 0) is 14.3 Å². The fourth-order valence-corrected chi connectivity index (χ4v) is 6.17. The van der Waals surface area contributed by atoms with Gasteiger partial charge in [0.15, 0.2) is 5.78 Å². The zero-order chi connectivity index (χ0) is 17.1. The zero-order valence-electron chi connectivity index (χ0n) is 15.1. The maximum Gasteiger partial charge on any atom is 0.302 e. The lowest BCUT2D eigenvalue weighted by Crippen LogP contribution is -2.48. The third kappa shape index (κ3) is 2.16. The van der Waals surface area contributed by atoms with Crippen molar-refractivity contribution in [2.24, 2.45) is 22.7 Å². The summed E-state index contributed by atoms with van der Waals surface area (Å²) in [6.07, 6.45) is 11.5. The van der Waals surface area contributed by atoms with Crippen LogP contribution in [0.4, 0.5) is 0 Å². The second-order valence-electron chi connectivity index (χ2n) is 8.81. The van der Waals surface area contributed by atoms with Crippen molar-refractivity contribution >= 4 is 11.8 Å². The van der Waals surface area contributed by atoms with Crippen LogP contribution < -0.4 is 0 Å². The molecule has 0 aromatic rings. The van der Waals surface area contributed by atoms with Crippen LogP contribution in [0.5, 0.6) is 0 Å². The van der Waals surface area contributed by atoms with Gasteiger partial charge in [0.25, 0.3) is 0 Å². The van der Waals surface area contributed by atoms with Gasteiger partial charge in [0.2, 0.25) is 0 Å². The third-order valence-electron chi connectivity index (χ3n) is 7.62. The molecule has 3 heteroatoms. The molecule has 4 aliphatic rings. The highest BCUT2D eigenvalue weighted by Gasteiger charge is 2.54.